The van der Waals surface area contributed by atoms with Gasteiger partial charge in [0.15, 0.2) is 0 Å². The average molecular weight is 388 g/mol. The van der Waals surface area contributed by atoms with Gasteiger partial charge in [-0.2, -0.15) is 0 Å². The number of carbonyl (C=O) groups is 2. The van der Waals surface area contributed by atoms with E-state index >= 15 is 0 Å². The summed E-state index contributed by atoms with van der Waals surface area (Å²) in [5.41, 5.74) is 0.984. The standard InChI is InChI=1S/C19H20N2O5S/c22-18(20-17(19(23)24)12-13-4-2-1-3-5-13)14-6-10-16(11-7-14)27(25,26)21-15-8-9-15/h1-7,10-11,15,17,21H,8-9,12H2,(H,20,22)(H,23,24)/t17-/m1/s1. The van der Waals surface area contributed by atoms with Crippen LogP contribution < -0.4 is 10.0 Å². The highest BCUT2D eigenvalue weighted by atomic mass is 32.2. The molecule has 0 aliphatic heterocycles. The normalized spacial score (nSPS) is 15.1. The molecule has 0 unspecified atom stereocenters. The maximum atomic E-state index is 12.4. The molecule has 0 bridgehead atoms. The van der Waals surface area contributed by atoms with Crippen LogP contribution in [-0.2, 0) is 21.2 Å². The first-order chi connectivity index (χ1) is 12.8. The van der Waals surface area contributed by atoms with Crippen LogP contribution in [0.2, 0.25) is 0 Å². The number of rotatable bonds is 8. The zero-order valence-corrected chi connectivity index (χ0v) is 15.3. The number of aliphatic carboxylic acids is 1. The lowest BCUT2D eigenvalue weighted by Crippen LogP contribution is -2.42. The summed E-state index contributed by atoms with van der Waals surface area (Å²) in [6, 6.07) is 13.3. The molecule has 7 nitrogen and oxygen atoms in total. The topological polar surface area (TPSA) is 113 Å². The van der Waals surface area contributed by atoms with E-state index in [4.69, 9.17) is 0 Å². The number of hydrogen-bond acceptors (Lipinski definition) is 4. The zero-order chi connectivity index (χ0) is 19.4. The summed E-state index contributed by atoms with van der Waals surface area (Å²) in [7, 11) is -3.59. The van der Waals surface area contributed by atoms with Crippen molar-refractivity contribution in [2.24, 2.45) is 0 Å². The quantitative estimate of drug-likeness (QED) is 0.635. The molecule has 27 heavy (non-hydrogen) atoms. The first kappa shape index (κ1) is 19.1. The van der Waals surface area contributed by atoms with E-state index in [0.29, 0.717) is 0 Å². The van der Waals surface area contributed by atoms with Crippen LogP contribution in [0, 0.1) is 0 Å². The Balaban J connectivity index is 1.68. The molecule has 142 valence electrons. The number of benzene rings is 2. The third-order valence-corrected chi connectivity index (χ3v) is 5.75. The van der Waals surface area contributed by atoms with Crippen LogP contribution in [0.1, 0.15) is 28.8 Å². The maximum Gasteiger partial charge on any atom is 0.326 e. The molecule has 1 aliphatic carbocycles. The van der Waals surface area contributed by atoms with E-state index in [1.165, 1.54) is 24.3 Å². The van der Waals surface area contributed by atoms with Gasteiger partial charge in [0.25, 0.3) is 5.91 Å². The van der Waals surface area contributed by atoms with Gasteiger partial charge in [-0.3, -0.25) is 4.79 Å². The molecule has 8 heteroatoms. The number of hydrogen-bond donors (Lipinski definition) is 3. The minimum absolute atomic E-state index is 0.00714. The summed E-state index contributed by atoms with van der Waals surface area (Å²) >= 11 is 0. The molecule has 3 N–H and O–H groups in total. The molecule has 2 aromatic rings. The summed E-state index contributed by atoms with van der Waals surface area (Å²) in [6.07, 6.45) is 1.81. The van der Waals surface area contributed by atoms with E-state index in [-0.39, 0.29) is 22.9 Å². The number of amides is 1. The fraction of sp³-hybridized carbons (Fsp3) is 0.263. The molecule has 0 radical (unpaired) electrons. The molecule has 1 amide bonds. The third kappa shape index (κ3) is 5.15. The predicted molar refractivity (Wildman–Crippen MR) is 98.8 cm³/mol. The van der Waals surface area contributed by atoms with Gasteiger partial charge in [-0.1, -0.05) is 30.3 Å². The maximum absolute atomic E-state index is 12.4. The van der Waals surface area contributed by atoms with Gasteiger partial charge < -0.3 is 10.4 Å². The van der Waals surface area contributed by atoms with Crippen molar-refractivity contribution in [3.05, 3.63) is 65.7 Å². The van der Waals surface area contributed by atoms with Crippen molar-refractivity contribution in [3.8, 4) is 0 Å². The summed E-state index contributed by atoms with van der Waals surface area (Å²) in [5, 5.41) is 11.8. The van der Waals surface area contributed by atoms with Crippen LogP contribution >= 0.6 is 0 Å². The second-order valence-electron chi connectivity index (χ2n) is 6.47. The molecule has 2 aromatic carbocycles. The molecular weight excluding hydrogens is 368 g/mol. The van der Waals surface area contributed by atoms with E-state index in [9.17, 15) is 23.1 Å². The lowest BCUT2D eigenvalue weighted by atomic mass is 10.1. The molecule has 1 fully saturated rings. The Morgan fingerprint density at radius 3 is 2.22 bits per heavy atom. The van der Waals surface area contributed by atoms with Crippen LogP contribution in [0.25, 0.3) is 0 Å². The van der Waals surface area contributed by atoms with E-state index in [1.807, 2.05) is 6.07 Å². The fourth-order valence-electron chi connectivity index (χ4n) is 2.57. The van der Waals surface area contributed by atoms with E-state index in [2.05, 4.69) is 10.0 Å². The highest BCUT2D eigenvalue weighted by Gasteiger charge is 2.28. The van der Waals surface area contributed by atoms with Gasteiger partial charge in [-0.05, 0) is 42.7 Å². The number of sulfonamides is 1. The van der Waals surface area contributed by atoms with Gasteiger partial charge in [-0.25, -0.2) is 17.9 Å². The molecule has 0 saturated heterocycles. The molecule has 1 saturated carbocycles. The largest absolute Gasteiger partial charge is 0.480 e. The van der Waals surface area contributed by atoms with Crippen LogP contribution in [0.3, 0.4) is 0 Å². The highest BCUT2D eigenvalue weighted by molar-refractivity contribution is 7.89. The summed E-state index contributed by atoms with van der Waals surface area (Å²) in [4.78, 5) is 23.9. The van der Waals surface area contributed by atoms with Crippen LogP contribution in [0.4, 0.5) is 0 Å². The SMILES string of the molecule is O=C(N[C@H](Cc1ccccc1)C(=O)O)c1ccc(S(=O)(=O)NC2CC2)cc1. The molecular formula is C19H20N2O5S. The van der Waals surface area contributed by atoms with Crippen molar-refractivity contribution in [2.75, 3.05) is 0 Å². The fourth-order valence-corrected chi connectivity index (χ4v) is 3.87. The second kappa shape index (κ2) is 7.89. The Morgan fingerprint density at radius 2 is 1.67 bits per heavy atom. The second-order valence-corrected chi connectivity index (χ2v) is 8.19. The van der Waals surface area contributed by atoms with Crippen molar-refractivity contribution in [1.82, 2.24) is 10.0 Å². The van der Waals surface area contributed by atoms with Crippen LogP contribution in [0.15, 0.2) is 59.5 Å². The number of carbonyl (C=O) groups excluding carboxylic acids is 1. The average Bonchev–Trinajstić information content (AvgIpc) is 3.45. The zero-order valence-electron chi connectivity index (χ0n) is 14.5. The van der Waals surface area contributed by atoms with Gasteiger partial charge in [0.2, 0.25) is 10.0 Å². The van der Waals surface area contributed by atoms with Gasteiger partial charge in [0, 0.05) is 18.0 Å². The van der Waals surface area contributed by atoms with Gasteiger partial charge in [0.1, 0.15) is 6.04 Å². The van der Waals surface area contributed by atoms with Crippen molar-refractivity contribution < 1.29 is 23.1 Å². The minimum atomic E-state index is -3.59. The Kier molecular flexibility index (Phi) is 5.57. The summed E-state index contributed by atoms with van der Waals surface area (Å²) in [5.74, 6) is -1.71. The van der Waals surface area contributed by atoms with Gasteiger partial charge in [0.05, 0.1) is 4.90 Å². The molecule has 3 rings (SSSR count). The first-order valence-electron chi connectivity index (χ1n) is 8.55. The van der Waals surface area contributed by atoms with Crippen molar-refractivity contribution in [1.29, 1.82) is 0 Å². The van der Waals surface area contributed by atoms with Crippen molar-refractivity contribution >= 4 is 21.9 Å². The summed E-state index contributed by atoms with van der Waals surface area (Å²) < 4.78 is 26.9. The summed E-state index contributed by atoms with van der Waals surface area (Å²) in [6.45, 7) is 0. The Bertz CT molecular complexity index is 922. The monoisotopic (exact) mass is 388 g/mol. The molecule has 1 atom stereocenters. The lowest BCUT2D eigenvalue weighted by molar-refractivity contribution is -0.139. The lowest BCUT2D eigenvalue weighted by Gasteiger charge is -2.15. The van der Waals surface area contributed by atoms with E-state index < -0.39 is 27.9 Å². The minimum Gasteiger partial charge on any atom is -0.480 e. The van der Waals surface area contributed by atoms with E-state index in [0.717, 1.165) is 18.4 Å². The Labute approximate surface area is 157 Å². The molecule has 0 aromatic heterocycles. The number of carboxylic acid groups (broad SMARTS) is 1. The van der Waals surface area contributed by atoms with Gasteiger partial charge in [-0.15, -0.1) is 0 Å². The van der Waals surface area contributed by atoms with E-state index in [1.54, 1.807) is 24.3 Å². The molecule has 1 aliphatic rings. The van der Waals surface area contributed by atoms with Crippen LogP contribution in [-0.4, -0.2) is 37.5 Å². The number of carboxylic acids is 1. The smallest absolute Gasteiger partial charge is 0.326 e. The molecule has 0 heterocycles. The Hall–Kier alpha value is -2.71. The van der Waals surface area contributed by atoms with Crippen molar-refractivity contribution in [2.45, 2.75) is 36.2 Å². The first-order valence-corrected chi connectivity index (χ1v) is 10.0. The van der Waals surface area contributed by atoms with Crippen LogP contribution in [0.5, 0.6) is 0 Å². The predicted octanol–water partition coefficient (Wildman–Crippen LogP) is 1.55. The van der Waals surface area contributed by atoms with Gasteiger partial charge >= 0.3 is 5.97 Å². The highest BCUT2D eigenvalue weighted by Crippen LogP contribution is 2.22. The third-order valence-electron chi connectivity index (χ3n) is 4.21. The Morgan fingerprint density at radius 1 is 1.04 bits per heavy atom. The molecule has 0 spiro atoms. The number of nitrogens with one attached hydrogen (secondary N) is 2. The van der Waals surface area contributed by atoms with Crippen molar-refractivity contribution in [3.63, 3.8) is 0 Å².